The highest BCUT2D eigenvalue weighted by molar-refractivity contribution is 5.74. The van der Waals surface area contributed by atoms with Crippen LogP contribution in [0.4, 0.5) is 5.69 Å². The van der Waals surface area contributed by atoms with Crippen LogP contribution >= 0.6 is 0 Å². The SMILES string of the molecule is Cn1c(=O)[nH]c2nc(-c3cnn(Cc4ccccc4[N+](=O)[O-])c3)[nH]c2c1=O. The van der Waals surface area contributed by atoms with Crippen LogP contribution in [0.3, 0.4) is 0 Å². The third-order valence-electron chi connectivity index (χ3n) is 4.18. The van der Waals surface area contributed by atoms with Gasteiger partial charge in [-0.25, -0.2) is 9.78 Å². The Bertz CT molecular complexity index is 1290. The molecule has 3 heterocycles. The van der Waals surface area contributed by atoms with E-state index in [1.54, 1.807) is 24.4 Å². The molecule has 27 heavy (non-hydrogen) atoms. The Hall–Kier alpha value is -4.02. The maximum atomic E-state index is 12.1. The third-order valence-corrected chi connectivity index (χ3v) is 4.18. The van der Waals surface area contributed by atoms with Gasteiger partial charge in [-0.3, -0.25) is 29.1 Å². The Kier molecular flexibility index (Phi) is 3.69. The second-order valence-corrected chi connectivity index (χ2v) is 5.92. The zero-order valence-corrected chi connectivity index (χ0v) is 14.0. The van der Waals surface area contributed by atoms with Crippen molar-refractivity contribution >= 4 is 16.9 Å². The maximum absolute atomic E-state index is 12.1. The second kappa shape index (κ2) is 6.05. The van der Waals surface area contributed by atoms with Crippen LogP contribution in [0.5, 0.6) is 0 Å². The van der Waals surface area contributed by atoms with Gasteiger partial charge in [-0.05, 0) is 0 Å². The fourth-order valence-electron chi connectivity index (χ4n) is 2.77. The van der Waals surface area contributed by atoms with Crippen molar-refractivity contribution in [2.45, 2.75) is 6.54 Å². The molecule has 0 atom stereocenters. The molecule has 0 spiro atoms. The van der Waals surface area contributed by atoms with E-state index in [9.17, 15) is 19.7 Å². The molecule has 0 saturated heterocycles. The molecule has 11 heteroatoms. The predicted molar refractivity (Wildman–Crippen MR) is 95.4 cm³/mol. The minimum Gasteiger partial charge on any atom is -0.332 e. The Labute approximate surface area is 150 Å². The van der Waals surface area contributed by atoms with Crippen molar-refractivity contribution in [2.24, 2.45) is 7.05 Å². The molecule has 11 nitrogen and oxygen atoms in total. The van der Waals surface area contributed by atoms with Gasteiger partial charge in [0.15, 0.2) is 5.65 Å². The van der Waals surface area contributed by atoms with E-state index in [1.165, 1.54) is 24.0 Å². The lowest BCUT2D eigenvalue weighted by atomic mass is 10.2. The van der Waals surface area contributed by atoms with Crippen molar-refractivity contribution < 1.29 is 4.92 Å². The van der Waals surface area contributed by atoms with Crippen LogP contribution in [-0.2, 0) is 13.6 Å². The van der Waals surface area contributed by atoms with Gasteiger partial charge in [0.05, 0.1) is 28.8 Å². The normalized spacial score (nSPS) is 11.1. The lowest BCUT2D eigenvalue weighted by Crippen LogP contribution is -2.32. The summed E-state index contributed by atoms with van der Waals surface area (Å²) in [5, 5.41) is 15.3. The van der Waals surface area contributed by atoms with Crippen LogP contribution in [-0.4, -0.2) is 34.2 Å². The number of para-hydroxylation sites is 1. The molecule has 0 radical (unpaired) electrons. The van der Waals surface area contributed by atoms with E-state index in [0.29, 0.717) is 17.0 Å². The summed E-state index contributed by atoms with van der Waals surface area (Å²) >= 11 is 0. The zero-order chi connectivity index (χ0) is 19.1. The van der Waals surface area contributed by atoms with Crippen molar-refractivity contribution in [3.8, 4) is 11.4 Å². The quantitative estimate of drug-likeness (QED) is 0.402. The van der Waals surface area contributed by atoms with Gasteiger partial charge in [0, 0.05) is 19.3 Å². The fourth-order valence-corrected chi connectivity index (χ4v) is 2.77. The summed E-state index contributed by atoms with van der Waals surface area (Å²) in [7, 11) is 1.37. The van der Waals surface area contributed by atoms with Gasteiger partial charge in [0.2, 0.25) is 0 Å². The second-order valence-electron chi connectivity index (χ2n) is 5.92. The maximum Gasteiger partial charge on any atom is 0.329 e. The molecule has 4 aromatic rings. The van der Waals surface area contributed by atoms with Crippen LogP contribution in [0.1, 0.15) is 5.56 Å². The molecular weight excluding hydrogens is 354 g/mol. The number of nitro benzene ring substituents is 1. The van der Waals surface area contributed by atoms with E-state index in [4.69, 9.17) is 0 Å². The number of aromatic nitrogens is 6. The molecule has 0 bridgehead atoms. The first-order valence-electron chi connectivity index (χ1n) is 7.88. The van der Waals surface area contributed by atoms with Crippen molar-refractivity contribution in [1.29, 1.82) is 0 Å². The van der Waals surface area contributed by atoms with Crippen LogP contribution < -0.4 is 11.2 Å². The van der Waals surface area contributed by atoms with Crippen LogP contribution in [0.15, 0.2) is 46.2 Å². The van der Waals surface area contributed by atoms with Crippen LogP contribution in [0.25, 0.3) is 22.6 Å². The molecule has 0 saturated carbocycles. The smallest absolute Gasteiger partial charge is 0.329 e. The number of aromatic amines is 2. The monoisotopic (exact) mass is 367 g/mol. The fraction of sp³-hybridized carbons (Fsp3) is 0.125. The Morgan fingerprint density at radius 3 is 2.78 bits per heavy atom. The standard InChI is InChI=1S/C16H13N7O4/c1-21-15(24)12-14(20-16(21)25)19-13(18-12)10-6-17-22(8-10)7-9-4-2-3-5-11(9)23(26)27/h2-6,8H,7H2,1H3,(H,18,19)(H,20,25). The number of hydrogen-bond donors (Lipinski definition) is 2. The summed E-state index contributed by atoms with van der Waals surface area (Å²) in [5.74, 6) is 0.359. The highest BCUT2D eigenvalue weighted by Gasteiger charge is 2.15. The minimum absolute atomic E-state index is 0.0133. The zero-order valence-electron chi connectivity index (χ0n) is 14.0. The number of nitrogens with zero attached hydrogens (tertiary/aromatic N) is 5. The predicted octanol–water partition coefficient (Wildman–Crippen LogP) is 0.770. The van der Waals surface area contributed by atoms with E-state index >= 15 is 0 Å². The number of fused-ring (bicyclic) bond motifs is 1. The molecule has 0 aliphatic rings. The van der Waals surface area contributed by atoms with Crippen molar-refractivity contribution in [3.05, 3.63) is 73.2 Å². The molecule has 0 unspecified atom stereocenters. The van der Waals surface area contributed by atoms with Gasteiger partial charge in [0.25, 0.3) is 11.2 Å². The van der Waals surface area contributed by atoms with Gasteiger partial charge < -0.3 is 4.98 Å². The average molecular weight is 367 g/mol. The van der Waals surface area contributed by atoms with Gasteiger partial charge in [-0.15, -0.1) is 0 Å². The van der Waals surface area contributed by atoms with Gasteiger partial charge >= 0.3 is 5.69 Å². The van der Waals surface area contributed by atoms with Crippen LogP contribution in [0.2, 0.25) is 0 Å². The molecule has 0 aliphatic carbocycles. The number of rotatable bonds is 4. The highest BCUT2D eigenvalue weighted by Crippen LogP contribution is 2.21. The van der Waals surface area contributed by atoms with Crippen LogP contribution in [0, 0.1) is 10.1 Å². The van der Waals surface area contributed by atoms with Gasteiger partial charge in [0.1, 0.15) is 11.3 Å². The third kappa shape index (κ3) is 2.80. The number of hydrogen-bond acceptors (Lipinski definition) is 6. The first-order chi connectivity index (χ1) is 12.9. The first-order valence-corrected chi connectivity index (χ1v) is 7.88. The summed E-state index contributed by atoms with van der Waals surface area (Å²) in [6.45, 7) is 0.204. The van der Waals surface area contributed by atoms with E-state index < -0.39 is 16.2 Å². The summed E-state index contributed by atoms with van der Waals surface area (Å²) in [6.07, 6.45) is 3.17. The molecule has 0 aliphatic heterocycles. The molecular formula is C16H13N7O4. The Morgan fingerprint density at radius 1 is 1.22 bits per heavy atom. The minimum atomic E-state index is -0.558. The summed E-state index contributed by atoms with van der Waals surface area (Å²) in [4.78, 5) is 44.1. The van der Waals surface area contributed by atoms with Crippen molar-refractivity contribution in [1.82, 2.24) is 29.3 Å². The largest absolute Gasteiger partial charge is 0.332 e. The Morgan fingerprint density at radius 2 is 2.00 bits per heavy atom. The van der Waals surface area contributed by atoms with Crippen molar-refractivity contribution in [3.63, 3.8) is 0 Å². The molecule has 136 valence electrons. The molecule has 0 fully saturated rings. The van der Waals surface area contributed by atoms with Gasteiger partial charge in [-0.1, -0.05) is 18.2 Å². The molecule has 1 aromatic carbocycles. The van der Waals surface area contributed by atoms with E-state index in [-0.39, 0.29) is 23.4 Å². The average Bonchev–Trinajstić information content (AvgIpc) is 3.27. The van der Waals surface area contributed by atoms with E-state index in [0.717, 1.165) is 4.57 Å². The summed E-state index contributed by atoms with van der Waals surface area (Å²) in [5.41, 5.74) is 0.396. The lowest BCUT2D eigenvalue weighted by Gasteiger charge is -2.02. The number of nitro groups is 1. The molecule has 4 rings (SSSR count). The number of H-pyrrole nitrogens is 2. The van der Waals surface area contributed by atoms with E-state index in [1.807, 2.05) is 0 Å². The summed E-state index contributed by atoms with van der Waals surface area (Å²) < 4.78 is 2.48. The molecule has 3 aromatic heterocycles. The lowest BCUT2D eigenvalue weighted by molar-refractivity contribution is -0.385. The van der Waals surface area contributed by atoms with E-state index in [2.05, 4.69) is 20.1 Å². The van der Waals surface area contributed by atoms with Gasteiger partial charge in [-0.2, -0.15) is 5.10 Å². The molecule has 0 amide bonds. The highest BCUT2D eigenvalue weighted by atomic mass is 16.6. The molecule has 2 N–H and O–H groups in total. The Balaban J connectivity index is 1.70. The summed E-state index contributed by atoms with van der Waals surface area (Å²) in [6, 6.07) is 6.42. The number of imidazole rings is 1. The number of benzene rings is 1. The first kappa shape index (κ1) is 16.4. The number of nitrogens with one attached hydrogen (secondary N) is 2. The topological polar surface area (TPSA) is 144 Å². The van der Waals surface area contributed by atoms with Crippen molar-refractivity contribution in [2.75, 3.05) is 0 Å².